The Labute approximate surface area is 330 Å². The van der Waals surface area contributed by atoms with E-state index in [1.54, 1.807) is 0 Å². The zero-order chi connectivity index (χ0) is 38.2. The lowest BCUT2D eigenvalue weighted by Gasteiger charge is -2.69. The van der Waals surface area contributed by atoms with Crippen LogP contribution in [0.25, 0.3) is 0 Å². The van der Waals surface area contributed by atoms with E-state index in [0.29, 0.717) is 49.9 Å². The zero-order valence-corrected chi connectivity index (χ0v) is 34.0. The van der Waals surface area contributed by atoms with Gasteiger partial charge in [0, 0.05) is 23.7 Å². The molecule has 294 valence electrons. The quantitative estimate of drug-likeness (QED) is 0.137. The van der Waals surface area contributed by atoms with Crippen LogP contribution >= 0.6 is 0 Å². The molecule has 1 heterocycles. The molecule has 0 amide bonds. The maximum absolute atomic E-state index is 13.0. The molecule has 1 aliphatic heterocycles. The fourth-order valence-corrected chi connectivity index (χ4v) is 12.4. The molecule has 4 aliphatic carbocycles. The molecule has 0 spiro atoms. The molecule has 3 saturated carbocycles. The van der Waals surface area contributed by atoms with Crippen LogP contribution < -0.4 is 0 Å². The van der Waals surface area contributed by atoms with Gasteiger partial charge in [0.25, 0.3) is 0 Å². The van der Waals surface area contributed by atoms with Crippen LogP contribution in [0.5, 0.6) is 0 Å². The van der Waals surface area contributed by atoms with Crippen molar-refractivity contribution in [1.29, 1.82) is 0 Å². The first-order chi connectivity index (χ1) is 26.6. The molecular formula is C50H64O5. The number of esters is 1. The highest BCUT2D eigenvalue weighted by Gasteiger charge is 2.72. The Hall–Kier alpha value is -3.25. The second kappa shape index (κ2) is 15.9. The summed E-state index contributed by atoms with van der Waals surface area (Å²) in [5.41, 5.74) is 4.55. The van der Waals surface area contributed by atoms with Crippen molar-refractivity contribution in [2.24, 2.45) is 46.3 Å². The first-order valence-electron chi connectivity index (χ1n) is 21.5. The fraction of sp³-hybridized carbons (Fsp3) is 0.580. The van der Waals surface area contributed by atoms with Crippen molar-refractivity contribution in [2.75, 3.05) is 0 Å². The van der Waals surface area contributed by atoms with Crippen molar-refractivity contribution in [1.82, 2.24) is 0 Å². The Balaban J connectivity index is 1.21. The van der Waals surface area contributed by atoms with Crippen LogP contribution in [0.2, 0.25) is 0 Å². The summed E-state index contributed by atoms with van der Waals surface area (Å²) in [6.45, 7) is 13.6. The lowest BCUT2D eigenvalue weighted by atomic mass is 9.41. The van der Waals surface area contributed by atoms with Crippen LogP contribution in [-0.4, -0.2) is 29.9 Å². The Bertz CT molecular complexity index is 1770. The Kier molecular flexibility index (Phi) is 11.2. The van der Waals surface area contributed by atoms with E-state index in [1.807, 2.05) is 0 Å². The van der Waals surface area contributed by atoms with Gasteiger partial charge in [-0.05, 0) is 84.3 Å². The smallest absolute Gasteiger partial charge is 0.306 e. The second-order valence-corrected chi connectivity index (χ2v) is 18.7. The van der Waals surface area contributed by atoms with E-state index in [4.69, 9.17) is 18.9 Å². The zero-order valence-electron chi connectivity index (χ0n) is 34.0. The van der Waals surface area contributed by atoms with E-state index >= 15 is 0 Å². The summed E-state index contributed by atoms with van der Waals surface area (Å²) in [6, 6.07) is 32.1. The number of cyclic esters (lactones) is 1. The number of hydrogen-bond acceptors (Lipinski definition) is 5. The molecule has 55 heavy (non-hydrogen) atoms. The predicted molar refractivity (Wildman–Crippen MR) is 218 cm³/mol. The van der Waals surface area contributed by atoms with E-state index in [9.17, 15) is 4.79 Å². The third kappa shape index (κ3) is 7.16. The average Bonchev–Trinajstić information content (AvgIpc) is 3.56. The Morgan fingerprint density at radius 3 is 1.95 bits per heavy atom. The number of carbonyl (C=O) groups excluding carboxylic acids is 1. The lowest BCUT2D eigenvalue weighted by molar-refractivity contribution is -0.324. The molecule has 4 fully saturated rings. The SMILES string of the molecule is CC(C)C1CC(=O)OC(C(C)C2=CCC3C4C(OCc5ccccc5)C(OCc5ccccc5)C5CCCCC5(C)C4(OCc4ccccc4)CCC23C)C1. The number of hydrogen-bond donors (Lipinski definition) is 0. The Morgan fingerprint density at radius 1 is 0.727 bits per heavy atom. The van der Waals surface area contributed by atoms with Gasteiger partial charge in [0.15, 0.2) is 0 Å². The van der Waals surface area contributed by atoms with Gasteiger partial charge < -0.3 is 18.9 Å². The summed E-state index contributed by atoms with van der Waals surface area (Å²) in [5, 5.41) is 0. The molecule has 8 rings (SSSR count). The van der Waals surface area contributed by atoms with E-state index in [-0.39, 0.29) is 46.9 Å². The van der Waals surface area contributed by atoms with Gasteiger partial charge in [-0.25, -0.2) is 0 Å². The van der Waals surface area contributed by atoms with Crippen molar-refractivity contribution in [3.63, 3.8) is 0 Å². The molecular weight excluding hydrogens is 681 g/mol. The number of carbonyl (C=O) groups is 1. The van der Waals surface area contributed by atoms with Gasteiger partial charge >= 0.3 is 5.97 Å². The molecule has 0 aromatic heterocycles. The summed E-state index contributed by atoms with van der Waals surface area (Å²) in [4.78, 5) is 13.0. The number of ether oxygens (including phenoxy) is 4. The van der Waals surface area contributed by atoms with Crippen LogP contribution in [-0.2, 0) is 43.6 Å². The molecule has 3 aromatic carbocycles. The fourth-order valence-electron chi connectivity index (χ4n) is 12.4. The number of fused-ring (bicyclic) bond motifs is 5. The molecule has 1 saturated heterocycles. The van der Waals surface area contributed by atoms with Crippen molar-refractivity contribution in [3.05, 3.63) is 119 Å². The van der Waals surface area contributed by atoms with Crippen molar-refractivity contribution < 1.29 is 23.7 Å². The van der Waals surface area contributed by atoms with Gasteiger partial charge in [-0.2, -0.15) is 0 Å². The van der Waals surface area contributed by atoms with Crippen LogP contribution in [0.1, 0.15) is 109 Å². The van der Waals surface area contributed by atoms with Crippen molar-refractivity contribution >= 4 is 5.97 Å². The van der Waals surface area contributed by atoms with Gasteiger partial charge in [-0.1, -0.05) is 150 Å². The number of benzene rings is 3. The third-order valence-electron chi connectivity index (χ3n) is 15.5. The molecule has 0 N–H and O–H groups in total. The van der Waals surface area contributed by atoms with Gasteiger partial charge in [-0.15, -0.1) is 0 Å². The third-order valence-corrected chi connectivity index (χ3v) is 15.5. The van der Waals surface area contributed by atoms with E-state index in [2.05, 4.69) is 132 Å². The number of allylic oxidation sites excluding steroid dienone is 1. The second-order valence-electron chi connectivity index (χ2n) is 18.7. The largest absolute Gasteiger partial charge is 0.462 e. The van der Waals surface area contributed by atoms with Gasteiger partial charge in [0.2, 0.25) is 0 Å². The molecule has 0 radical (unpaired) electrons. The molecule has 5 aliphatic rings. The molecule has 11 unspecified atom stereocenters. The van der Waals surface area contributed by atoms with E-state index in [1.165, 1.54) is 35.1 Å². The minimum Gasteiger partial charge on any atom is -0.462 e. The van der Waals surface area contributed by atoms with Crippen LogP contribution in [0.4, 0.5) is 0 Å². The number of rotatable bonds is 12. The topological polar surface area (TPSA) is 54.0 Å². The van der Waals surface area contributed by atoms with Gasteiger partial charge in [-0.3, -0.25) is 4.79 Å². The van der Waals surface area contributed by atoms with Crippen molar-refractivity contribution in [2.45, 2.75) is 136 Å². The summed E-state index contributed by atoms with van der Waals surface area (Å²) in [6.07, 6.45) is 11.4. The van der Waals surface area contributed by atoms with Gasteiger partial charge in [0.05, 0.1) is 37.6 Å². The lowest BCUT2D eigenvalue weighted by Crippen LogP contribution is -2.74. The van der Waals surface area contributed by atoms with Crippen LogP contribution in [0.3, 0.4) is 0 Å². The molecule has 11 atom stereocenters. The molecule has 0 bridgehead atoms. The first kappa shape index (κ1) is 38.6. The van der Waals surface area contributed by atoms with Crippen molar-refractivity contribution in [3.8, 4) is 0 Å². The highest BCUT2D eigenvalue weighted by atomic mass is 16.6. The summed E-state index contributed by atoms with van der Waals surface area (Å²) < 4.78 is 28.7. The summed E-state index contributed by atoms with van der Waals surface area (Å²) >= 11 is 0. The standard InChI is InChI=1S/C50H64O5/c1-34(2)39-29-43(55-44(51)30-39)35(3)40-24-25-41-45-47(53-32-37-19-11-7-12-20-37)46(52-31-36-17-9-6-10-18-36)42-23-15-16-26-49(42,5)50(45,28-27-48(40,41)4)54-33-38-21-13-8-14-22-38/h6-14,17-22,24,34-35,39,41-43,45-47H,15-16,23,25-33H2,1-5H3. The monoisotopic (exact) mass is 744 g/mol. The molecule has 5 nitrogen and oxygen atoms in total. The van der Waals surface area contributed by atoms with Crippen LogP contribution in [0.15, 0.2) is 103 Å². The maximum Gasteiger partial charge on any atom is 0.306 e. The maximum atomic E-state index is 13.0. The average molecular weight is 745 g/mol. The summed E-state index contributed by atoms with van der Waals surface area (Å²) in [5.74, 6) is 1.68. The minimum atomic E-state index is -0.390. The highest BCUT2D eigenvalue weighted by molar-refractivity contribution is 5.70. The van der Waals surface area contributed by atoms with Gasteiger partial charge in [0.1, 0.15) is 6.10 Å². The summed E-state index contributed by atoms with van der Waals surface area (Å²) in [7, 11) is 0. The normalized spacial score (nSPS) is 36.3. The molecule has 3 aromatic rings. The predicted octanol–water partition coefficient (Wildman–Crippen LogP) is 11.3. The van der Waals surface area contributed by atoms with E-state index < -0.39 is 5.60 Å². The highest BCUT2D eigenvalue weighted by Crippen LogP contribution is 2.71. The Morgan fingerprint density at radius 2 is 1.33 bits per heavy atom. The van der Waals surface area contributed by atoms with Crippen LogP contribution in [0, 0.1) is 46.3 Å². The first-order valence-corrected chi connectivity index (χ1v) is 21.5. The van der Waals surface area contributed by atoms with E-state index in [0.717, 1.165) is 38.5 Å². The minimum absolute atomic E-state index is 0.0320. The molecule has 5 heteroatoms.